The van der Waals surface area contributed by atoms with Gasteiger partial charge in [0.2, 0.25) is 0 Å². The summed E-state index contributed by atoms with van der Waals surface area (Å²) in [7, 11) is 0. The van der Waals surface area contributed by atoms with Crippen molar-refractivity contribution in [2.24, 2.45) is 0 Å². The van der Waals surface area contributed by atoms with Crippen molar-refractivity contribution < 1.29 is 9.53 Å². The number of halogens is 1. The highest BCUT2D eigenvalue weighted by Gasteiger charge is 1.98. The van der Waals surface area contributed by atoms with Crippen LogP contribution >= 0.6 is 11.6 Å². The smallest absolute Gasteiger partial charge is 0.320 e. The van der Waals surface area contributed by atoms with Crippen molar-refractivity contribution in [1.82, 2.24) is 0 Å². The number of rotatable bonds is 16. The predicted molar refractivity (Wildman–Crippen MR) is 92.0 cm³/mol. The minimum Gasteiger partial charge on any atom is -0.465 e. The van der Waals surface area contributed by atoms with Crippen LogP contribution in [-0.4, -0.2) is 18.5 Å². The molecular weight excluding hydrogens is 284 g/mol. The Bertz CT molecular complexity index is 219. The molecule has 126 valence electrons. The molecule has 0 heterocycles. The van der Waals surface area contributed by atoms with E-state index in [4.69, 9.17) is 16.3 Å². The summed E-state index contributed by atoms with van der Waals surface area (Å²) in [6.45, 7) is 2.80. The Kier molecular flexibility index (Phi) is 17.6. The van der Waals surface area contributed by atoms with Crippen LogP contribution in [0.1, 0.15) is 96.8 Å². The molecular formula is C18H35ClO2. The van der Waals surface area contributed by atoms with Gasteiger partial charge in [-0.3, -0.25) is 4.79 Å². The largest absolute Gasteiger partial charge is 0.465 e. The summed E-state index contributed by atoms with van der Waals surface area (Å²) < 4.78 is 4.93. The molecule has 0 aliphatic heterocycles. The Morgan fingerprint density at radius 3 is 1.48 bits per heavy atom. The Hall–Kier alpha value is -0.240. The first-order chi connectivity index (χ1) is 10.3. The van der Waals surface area contributed by atoms with Gasteiger partial charge in [-0.2, -0.15) is 0 Å². The highest BCUT2D eigenvalue weighted by molar-refractivity contribution is 6.26. The van der Waals surface area contributed by atoms with E-state index in [-0.39, 0.29) is 11.8 Å². The second kappa shape index (κ2) is 17.8. The van der Waals surface area contributed by atoms with Crippen molar-refractivity contribution in [3.63, 3.8) is 0 Å². The summed E-state index contributed by atoms with van der Waals surface area (Å²) in [4.78, 5) is 10.8. The average Bonchev–Trinajstić information content (AvgIpc) is 2.50. The monoisotopic (exact) mass is 318 g/mol. The molecule has 0 unspecified atom stereocenters. The van der Waals surface area contributed by atoms with E-state index in [9.17, 15) is 4.79 Å². The lowest BCUT2D eigenvalue weighted by atomic mass is 10.0. The minimum atomic E-state index is -0.300. The van der Waals surface area contributed by atoms with E-state index in [0.717, 1.165) is 12.8 Å². The quantitative estimate of drug-likeness (QED) is 0.191. The maximum atomic E-state index is 10.8. The van der Waals surface area contributed by atoms with Gasteiger partial charge in [-0.05, 0) is 6.42 Å². The average molecular weight is 319 g/mol. The number of hydrogen-bond donors (Lipinski definition) is 0. The van der Waals surface area contributed by atoms with Crippen LogP contribution in [0.5, 0.6) is 0 Å². The van der Waals surface area contributed by atoms with Gasteiger partial charge in [0.25, 0.3) is 0 Å². The summed E-state index contributed by atoms with van der Waals surface area (Å²) in [6.07, 6.45) is 18.7. The number of carbonyl (C=O) groups is 1. The van der Waals surface area contributed by atoms with Crippen molar-refractivity contribution in [1.29, 1.82) is 0 Å². The van der Waals surface area contributed by atoms with E-state index in [2.05, 4.69) is 6.92 Å². The van der Waals surface area contributed by atoms with E-state index in [1.807, 2.05) is 0 Å². The molecule has 0 amide bonds. The molecule has 0 rings (SSSR count). The molecule has 3 heteroatoms. The first-order valence-electron chi connectivity index (χ1n) is 9.02. The third kappa shape index (κ3) is 17.7. The molecule has 0 fully saturated rings. The molecule has 0 saturated heterocycles. The van der Waals surface area contributed by atoms with E-state index in [0.29, 0.717) is 6.61 Å². The zero-order valence-corrected chi connectivity index (χ0v) is 14.8. The van der Waals surface area contributed by atoms with Gasteiger partial charge in [0.15, 0.2) is 0 Å². The summed E-state index contributed by atoms with van der Waals surface area (Å²) in [5.74, 6) is -0.329. The van der Waals surface area contributed by atoms with Gasteiger partial charge in [0, 0.05) is 0 Å². The topological polar surface area (TPSA) is 26.3 Å². The molecule has 0 aromatic carbocycles. The molecule has 0 N–H and O–H groups in total. The van der Waals surface area contributed by atoms with Crippen LogP contribution in [0.25, 0.3) is 0 Å². The Morgan fingerprint density at radius 1 is 0.714 bits per heavy atom. The number of ether oxygens (including phenoxy) is 1. The second-order valence-corrected chi connectivity index (χ2v) is 6.22. The van der Waals surface area contributed by atoms with Gasteiger partial charge in [-0.25, -0.2) is 0 Å². The summed E-state index contributed by atoms with van der Waals surface area (Å²) >= 11 is 5.34. The minimum absolute atomic E-state index is 0.0292. The molecule has 2 nitrogen and oxygen atoms in total. The fraction of sp³-hybridized carbons (Fsp3) is 0.944. The van der Waals surface area contributed by atoms with E-state index in [1.54, 1.807) is 0 Å². The van der Waals surface area contributed by atoms with E-state index in [1.165, 1.54) is 77.0 Å². The molecule has 0 atom stereocenters. The van der Waals surface area contributed by atoms with E-state index >= 15 is 0 Å². The standard InChI is InChI=1S/C18H35ClO2/c1-2-3-4-5-6-7-8-9-10-11-12-13-14-15-16-21-18(20)17-19/h2-17H2,1H3. The summed E-state index contributed by atoms with van der Waals surface area (Å²) in [6, 6.07) is 0. The van der Waals surface area contributed by atoms with Gasteiger partial charge in [-0.15, -0.1) is 11.6 Å². The molecule has 0 aliphatic carbocycles. The maximum Gasteiger partial charge on any atom is 0.320 e. The van der Waals surface area contributed by atoms with Crippen molar-refractivity contribution in [2.75, 3.05) is 12.5 Å². The molecule has 0 radical (unpaired) electrons. The number of hydrogen-bond acceptors (Lipinski definition) is 2. The van der Waals surface area contributed by atoms with Crippen molar-refractivity contribution >= 4 is 17.6 Å². The molecule has 21 heavy (non-hydrogen) atoms. The Labute approximate surface area is 137 Å². The zero-order chi connectivity index (χ0) is 15.6. The summed E-state index contributed by atoms with van der Waals surface area (Å²) in [5.41, 5.74) is 0. The lowest BCUT2D eigenvalue weighted by Crippen LogP contribution is -2.06. The van der Waals surface area contributed by atoms with Crippen LogP contribution in [0, 0.1) is 0 Å². The molecule has 0 saturated carbocycles. The molecule has 0 aliphatic rings. The predicted octanol–water partition coefficient (Wildman–Crippen LogP) is 6.25. The molecule has 0 bridgehead atoms. The van der Waals surface area contributed by atoms with Gasteiger partial charge in [0.05, 0.1) is 6.61 Å². The number of esters is 1. The van der Waals surface area contributed by atoms with Crippen LogP contribution in [0.2, 0.25) is 0 Å². The highest BCUT2D eigenvalue weighted by atomic mass is 35.5. The van der Waals surface area contributed by atoms with Crippen LogP contribution < -0.4 is 0 Å². The highest BCUT2D eigenvalue weighted by Crippen LogP contribution is 2.12. The van der Waals surface area contributed by atoms with Gasteiger partial charge in [0.1, 0.15) is 5.88 Å². The van der Waals surface area contributed by atoms with Crippen molar-refractivity contribution in [3.05, 3.63) is 0 Å². The summed E-state index contributed by atoms with van der Waals surface area (Å²) in [5, 5.41) is 0. The lowest BCUT2D eigenvalue weighted by Gasteiger charge is -2.04. The Morgan fingerprint density at radius 2 is 1.10 bits per heavy atom. The van der Waals surface area contributed by atoms with Crippen LogP contribution in [0.3, 0.4) is 0 Å². The zero-order valence-electron chi connectivity index (χ0n) is 14.0. The van der Waals surface area contributed by atoms with E-state index < -0.39 is 0 Å². The van der Waals surface area contributed by atoms with Crippen LogP contribution in [0.15, 0.2) is 0 Å². The normalized spacial score (nSPS) is 10.8. The SMILES string of the molecule is CCCCCCCCCCCCCCCCOC(=O)CCl. The van der Waals surface area contributed by atoms with Gasteiger partial charge >= 0.3 is 5.97 Å². The third-order valence-electron chi connectivity index (χ3n) is 3.87. The number of alkyl halides is 1. The second-order valence-electron chi connectivity index (χ2n) is 5.95. The lowest BCUT2D eigenvalue weighted by molar-refractivity contribution is -0.140. The Balaban J connectivity index is 2.98. The maximum absolute atomic E-state index is 10.8. The first-order valence-corrected chi connectivity index (χ1v) is 9.56. The third-order valence-corrected chi connectivity index (χ3v) is 4.09. The fourth-order valence-corrected chi connectivity index (χ4v) is 2.60. The van der Waals surface area contributed by atoms with Crippen molar-refractivity contribution in [3.8, 4) is 0 Å². The molecule has 0 aromatic heterocycles. The molecule has 0 aromatic rings. The van der Waals surface area contributed by atoms with Crippen molar-refractivity contribution in [2.45, 2.75) is 96.8 Å². The molecule has 0 spiro atoms. The first kappa shape index (κ1) is 20.8. The van der Waals surface area contributed by atoms with Crippen LogP contribution in [-0.2, 0) is 9.53 Å². The van der Waals surface area contributed by atoms with Gasteiger partial charge in [-0.1, -0.05) is 90.4 Å². The van der Waals surface area contributed by atoms with Gasteiger partial charge < -0.3 is 4.74 Å². The number of carbonyl (C=O) groups excluding carboxylic acids is 1. The fourth-order valence-electron chi connectivity index (χ4n) is 2.52. The van der Waals surface area contributed by atoms with Crippen LogP contribution in [0.4, 0.5) is 0 Å². The number of unbranched alkanes of at least 4 members (excludes halogenated alkanes) is 13.